The summed E-state index contributed by atoms with van der Waals surface area (Å²) in [5.41, 5.74) is 1.80. The lowest BCUT2D eigenvalue weighted by Gasteiger charge is -2.57. The zero-order valence-corrected chi connectivity index (χ0v) is 19.7. The third-order valence-corrected chi connectivity index (χ3v) is 10.2. The van der Waals surface area contributed by atoms with Crippen LogP contribution in [0.1, 0.15) is 90.9 Å². The zero-order chi connectivity index (χ0) is 21.6. The predicted molar refractivity (Wildman–Crippen MR) is 121 cm³/mol. The Morgan fingerprint density at radius 1 is 1.03 bits per heavy atom. The number of ketones is 1. The van der Waals surface area contributed by atoms with Gasteiger partial charge in [0.05, 0.1) is 6.42 Å². The molecule has 0 N–H and O–H groups in total. The van der Waals surface area contributed by atoms with E-state index in [1.807, 2.05) is 6.08 Å². The van der Waals surface area contributed by atoms with Crippen LogP contribution in [0.5, 0.6) is 0 Å². The van der Waals surface area contributed by atoms with E-state index in [9.17, 15) is 9.59 Å². The molecule has 4 fully saturated rings. The third-order valence-electron chi connectivity index (χ3n) is 10.2. The van der Waals surface area contributed by atoms with Crippen LogP contribution < -0.4 is 0 Å². The number of likely N-dealkylation sites (tertiary alicyclic amines) is 1. The van der Waals surface area contributed by atoms with Gasteiger partial charge in [-0.05, 0) is 100 Å². The first-order valence-corrected chi connectivity index (χ1v) is 13.1. The minimum absolute atomic E-state index is 0.0196. The molecular weight excluding hydrogens is 386 g/mol. The SMILES string of the molecule is C[C@]12CC[C@@H]3[C@H](CCC4=CC(=O)CC[C@@]43C)[C@H]1CC[C@@H]2OC(=O)CCN1CCCCC1. The van der Waals surface area contributed by atoms with E-state index in [1.54, 1.807) is 0 Å². The summed E-state index contributed by atoms with van der Waals surface area (Å²) in [6.45, 7) is 8.00. The van der Waals surface area contributed by atoms with Gasteiger partial charge in [-0.2, -0.15) is 0 Å². The molecular formula is C27H41NO3. The lowest BCUT2D eigenvalue weighted by molar-refractivity contribution is -0.160. The summed E-state index contributed by atoms with van der Waals surface area (Å²) in [7, 11) is 0. The Hall–Kier alpha value is -1.16. The van der Waals surface area contributed by atoms with Crippen LogP contribution in [0.2, 0.25) is 0 Å². The third kappa shape index (κ3) is 3.81. The molecule has 0 spiro atoms. The van der Waals surface area contributed by atoms with Crippen molar-refractivity contribution in [1.82, 2.24) is 4.90 Å². The van der Waals surface area contributed by atoms with E-state index in [2.05, 4.69) is 18.7 Å². The summed E-state index contributed by atoms with van der Waals surface area (Å²) in [5.74, 6) is 2.45. The van der Waals surface area contributed by atoms with Crippen LogP contribution in [0.15, 0.2) is 11.6 Å². The maximum Gasteiger partial charge on any atom is 0.307 e. The number of hydrogen-bond donors (Lipinski definition) is 0. The van der Waals surface area contributed by atoms with Gasteiger partial charge in [0.25, 0.3) is 0 Å². The Labute approximate surface area is 188 Å². The predicted octanol–water partition coefficient (Wildman–Crippen LogP) is 5.31. The summed E-state index contributed by atoms with van der Waals surface area (Å²) >= 11 is 0. The van der Waals surface area contributed by atoms with Gasteiger partial charge < -0.3 is 9.64 Å². The second-order valence-corrected chi connectivity index (χ2v) is 11.7. The molecule has 0 amide bonds. The summed E-state index contributed by atoms with van der Waals surface area (Å²) < 4.78 is 6.18. The van der Waals surface area contributed by atoms with Crippen molar-refractivity contribution in [1.29, 1.82) is 0 Å². The van der Waals surface area contributed by atoms with Crippen molar-refractivity contribution < 1.29 is 14.3 Å². The van der Waals surface area contributed by atoms with E-state index in [1.165, 1.54) is 50.5 Å². The van der Waals surface area contributed by atoms with Gasteiger partial charge in [0.1, 0.15) is 6.10 Å². The molecule has 1 saturated heterocycles. The summed E-state index contributed by atoms with van der Waals surface area (Å²) in [6, 6.07) is 0. The van der Waals surface area contributed by atoms with Crippen molar-refractivity contribution in [2.45, 2.75) is 97.0 Å². The fourth-order valence-electron chi connectivity index (χ4n) is 8.35. The fraction of sp³-hybridized carbons (Fsp3) is 0.852. The van der Waals surface area contributed by atoms with E-state index in [4.69, 9.17) is 4.74 Å². The van der Waals surface area contributed by atoms with Gasteiger partial charge in [0.2, 0.25) is 0 Å². The molecule has 3 saturated carbocycles. The Morgan fingerprint density at radius 3 is 2.65 bits per heavy atom. The van der Waals surface area contributed by atoms with Gasteiger partial charge in [0, 0.05) is 18.4 Å². The van der Waals surface area contributed by atoms with Crippen molar-refractivity contribution in [3.05, 3.63) is 11.6 Å². The van der Waals surface area contributed by atoms with Crippen LogP contribution in [0, 0.1) is 28.6 Å². The van der Waals surface area contributed by atoms with Crippen LogP contribution in [0.25, 0.3) is 0 Å². The van der Waals surface area contributed by atoms with Crippen molar-refractivity contribution in [2.75, 3.05) is 19.6 Å². The largest absolute Gasteiger partial charge is 0.462 e. The molecule has 1 aliphatic heterocycles. The lowest BCUT2D eigenvalue weighted by Crippen LogP contribution is -2.51. The molecule has 0 unspecified atom stereocenters. The average molecular weight is 428 g/mol. The highest BCUT2D eigenvalue weighted by Crippen LogP contribution is 2.65. The molecule has 172 valence electrons. The minimum Gasteiger partial charge on any atom is -0.462 e. The van der Waals surface area contributed by atoms with Crippen LogP contribution in [0.4, 0.5) is 0 Å². The van der Waals surface area contributed by atoms with Crippen LogP contribution in [0.3, 0.4) is 0 Å². The van der Waals surface area contributed by atoms with E-state index >= 15 is 0 Å². The van der Waals surface area contributed by atoms with Crippen LogP contribution >= 0.6 is 0 Å². The Morgan fingerprint density at radius 2 is 1.84 bits per heavy atom. The van der Waals surface area contributed by atoms with Gasteiger partial charge in [-0.3, -0.25) is 9.59 Å². The second-order valence-electron chi connectivity index (χ2n) is 11.7. The molecule has 6 atom stereocenters. The van der Waals surface area contributed by atoms with E-state index in [0.29, 0.717) is 24.0 Å². The van der Waals surface area contributed by atoms with Gasteiger partial charge in [-0.15, -0.1) is 0 Å². The molecule has 4 heteroatoms. The number of allylic oxidation sites excluding steroid dienone is 1. The van der Waals surface area contributed by atoms with Crippen LogP contribution in [-0.4, -0.2) is 42.4 Å². The first kappa shape index (κ1) is 21.7. The highest BCUT2D eigenvalue weighted by molar-refractivity contribution is 5.91. The van der Waals surface area contributed by atoms with Crippen molar-refractivity contribution in [3.63, 3.8) is 0 Å². The normalized spacial score (nSPS) is 42.9. The van der Waals surface area contributed by atoms with Gasteiger partial charge in [-0.25, -0.2) is 0 Å². The Kier molecular flexibility index (Phi) is 5.82. The van der Waals surface area contributed by atoms with Gasteiger partial charge in [-0.1, -0.05) is 25.8 Å². The smallest absolute Gasteiger partial charge is 0.307 e. The second kappa shape index (κ2) is 8.32. The standard InChI is InChI=1S/C27H41NO3/c1-26-13-10-20(29)18-19(26)6-7-21-22-8-9-24(27(22,2)14-11-23(21)26)31-25(30)12-17-28-15-4-3-5-16-28/h18,21-24H,3-17H2,1-2H3/t21-,22-,23-,24+,26+,27+/m1/s1. The molecule has 4 nitrogen and oxygen atoms in total. The van der Waals surface area contributed by atoms with E-state index in [0.717, 1.165) is 51.2 Å². The highest BCUT2D eigenvalue weighted by atomic mass is 16.5. The quantitative estimate of drug-likeness (QED) is 0.571. The molecule has 1 heterocycles. The highest BCUT2D eigenvalue weighted by Gasteiger charge is 2.59. The molecule has 0 aromatic carbocycles. The average Bonchev–Trinajstić information content (AvgIpc) is 3.10. The molecule has 31 heavy (non-hydrogen) atoms. The minimum atomic E-state index is 0.0196. The molecule has 0 aromatic rings. The number of carbonyl (C=O) groups is 2. The summed E-state index contributed by atoms with van der Waals surface area (Å²) in [6.07, 6.45) is 15.2. The number of fused-ring (bicyclic) bond motifs is 5. The molecule has 5 rings (SSSR count). The summed E-state index contributed by atoms with van der Waals surface area (Å²) in [5, 5.41) is 0. The van der Waals surface area contributed by atoms with Gasteiger partial charge in [0.15, 0.2) is 5.78 Å². The first-order valence-electron chi connectivity index (χ1n) is 13.1. The monoisotopic (exact) mass is 427 g/mol. The maximum atomic E-state index is 12.7. The molecule has 5 aliphatic rings. The van der Waals surface area contributed by atoms with Crippen molar-refractivity contribution in [2.24, 2.45) is 28.6 Å². The van der Waals surface area contributed by atoms with Gasteiger partial charge >= 0.3 is 5.97 Å². The van der Waals surface area contributed by atoms with Crippen LogP contribution in [-0.2, 0) is 14.3 Å². The maximum absolute atomic E-state index is 12.7. The number of hydrogen-bond acceptors (Lipinski definition) is 4. The number of esters is 1. The van der Waals surface area contributed by atoms with E-state index in [-0.39, 0.29) is 22.9 Å². The topological polar surface area (TPSA) is 46.6 Å². The molecule has 0 aromatic heterocycles. The van der Waals surface area contributed by atoms with E-state index < -0.39 is 0 Å². The number of carbonyl (C=O) groups excluding carboxylic acids is 2. The molecule has 0 radical (unpaired) electrons. The number of rotatable bonds is 4. The fourth-order valence-corrected chi connectivity index (χ4v) is 8.35. The number of nitrogens with zero attached hydrogens (tertiary/aromatic N) is 1. The summed E-state index contributed by atoms with van der Waals surface area (Å²) in [4.78, 5) is 27.2. The Bertz CT molecular complexity index is 754. The van der Waals surface area contributed by atoms with Crippen molar-refractivity contribution in [3.8, 4) is 0 Å². The van der Waals surface area contributed by atoms with Crippen molar-refractivity contribution >= 4 is 11.8 Å². The lowest BCUT2D eigenvalue weighted by atomic mass is 9.47. The molecule has 4 aliphatic carbocycles. The first-order chi connectivity index (χ1) is 14.9. The number of piperidine rings is 1. The zero-order valence-electron chi connectivity index (χ0n) is 19.7. The molecule has 0 bridgehead atoms. The Balaban J connectivity index is 1.23. The number of ether oxygens (including phenoxy) is 1.